The van der Waals surface area contributed by atoms with Crippen LogP contribution in [0.25, 0.3) is 0 Å². The first-order valence-corrected chi connectivity index (χ1v) is 4.15. The van der Waals surface area contributed by atoms with Gasteiger partial charge in [-0.1, -0.05) is 13.8 Å². The number of esters is 1. The van der Waals surface area contributed by atoms with E-state index in [2.05, 4.69) is 10.1 Å². The van der Waals surface area contributed by atoms with Crippen molar-refractivity contribution in [3.05, 3.63) is 0 Å². The lowest BCUT2D eigenvalue weighted by Crippen LogP contribution is -2.31. The Kier molecular flexibility index (Phi) is 5.08. The Morgan fingerprint density at radius 3 is 2.50 bits per heavy atom. The molecule has 0 aromatic heterocycles. The Bertz CT molecular complexity index is 168. The lowest BCUT2D eigenvalue weighted by molar-refractivity contribution is -0.147. The highest BCUT2D eigenvalue weighted by atomic mass is 16.6. The fraction of sp³-hybridized carbons (Fsp3) is 0.750. The van der Waals surface area contributed by atoms with Crippen LogP contribution in [0, 0.1) is 0 Å². The van der Waals surface area contributed by atoms with E-state index in [1.54, 1.807) is 0 Å². The van der Waals surface area contributed by atoms with Gasteiger partial charge in [0.15, 0.2) is 6.10 Å². The van der Waals surface area contributed by atoms with Crippen molar-refractivity contribution in [1.82, 2.24) is 5.32 Å². The van der Waals surface area contributed by atoms with Crippen LogP contribution >= 0.6 is 0 Å². The van der Waals surface area contributed by atoms with Gasteiger partial charge >= 0.3 is 5.97 Å². The maximum atomic E-state index is 10.8. The third kappa shape index (κ3) is 2.90. The van der Waals surface area contributed by atoms with E-state index in [1.807, 2.05) is 13.8 Å². The highest BCUT2D eigenvalue weighted by molar-refractivity contribution is 5.86. The molecule has 1 unspecified atom stereocenters. The number of likely N-dealkylation sites (N-methyl/N-ethyl adjacent to an activating group) is 1. The van der Waals surface area contributed by atoms with Crippen LogP contribution in [-0.4, -0.2) is 25.0 Å². The van der Waals surface area contributed by atoms with Crippen molar-refractivity contribution in [2.75, 3.05) is 7.05 Å². The molecule has 1 aliphatic heterocycles. The maximum Gasteiger partial charge on any atom is 0.306 e. The van der Waals surface area contributed by atoms with E-state index in [1.165, 1.54) is 7.05 Å². The number of cyclic esters (lactones) is 1. The molecular formula is C8H15NO3. The SMILES string of the molecule is CC.CNC(=O)C1CCC(=O)O1. The molecule has 0 aromatic carbocycles. The summed E-state index contributed by atoms with van der Waals surface area (Å²) in [7, 11) is 1.52. The summed E-state index contributed by atoms with van der Waals surface area (Å²) in [5.41, 5.74) is 0. The van der Waals surface area contributed by atoms with Gasteiger partial charge in [0.05, 0.1) is 0 Å². The van der Waals surface area contributed by atoms with Crippen LogP contribution in [0.15, 0.2) is 0 Å². The fourth-order valence-electron chi connectivity index (χ4n) is 0.871. The number of rotatable bonds is 1. The number of amides is 1. The van der Waals surface area contributed by atoms with Crippen LogP contribution in [0.4, 0.5) is 0 Å². The summed E-state index contributed by atoms with van der Waals surface area (Å²) in [5, 5.41) is 2.41. The molecule has 0 bridgehead atoms. The summed E-state index contributed by atoms with van der Waals surface area (Å²) in [6.07, 6.45) is 0.328. The number of nitrogens with one attached hydrogen (secondary N) is 1. The van der Waals surface area contributed by atoms with Gasteiger partial charge in [-0.05, 0) is 0 Å². The normalized spacial score (nSPS) is 20.6. The molecule has 1 atom stereocenters. The Labute approximate surface area is 72.3 Å². The molecule has 4 heteroatoms. The molecule has 0 radical (unpaired) electrons. The Morgan fingerprint density at radius 2 is 2.17 bits per heavy atom. The topological polar surface area (TPSA) is 55.4 Å². The monoisotopic (exact) mass is 173 g/mol. The average molecular weight is 173 g/mol. The van der Waals surface area contributed by atoms with Gasteiger partial charge < -0.3 is 10.1 Å². The lowest BCUT2D eigenvalue weighted by Gasteiger charge is -2.05. The van der Waals surface area contributed by atoms with E-state index in [4.69, 9.17) is 0 Å². The van der Waals surface area contributed by atoms with Crippen LogP contribution in [0.5, 0.6) is 0 Å². The van der Waals surface area contributed by atoms with E-state index in [0.29, 0.717) is 12.8 Å². The summed E-state index contributed by atoms with van der Waals surface area (Å²) < 4.78 is 4.66. The van der Waals surface area contributed by atoms with Crippen molar-refractivity contribution in [2.45, 2.75) is 32.8 Å². The lowest BCUT2D eigenvalue weighted by atomic mass is 10.2. The zero-order valence-corrected chi connectivity index (χ0v) is 7.72. The van der Waals surface area contributed by atoms with E-state index in [9.17, 15) is 9.59 Å². The minimum Gasteiger partial charge on any atom is -0.452 e. The van der Waals surface area contributed by atoms with E-state index >= 15 is 0 Å². The third-order valence-corrected chi connectivity index (χ3v) is 1.42. The second kappa shape index (κ2) is 5.57. The van der Waals surface area contributed by atoms with Crippen molar-refractivity contribution in [1.29, 1.82) is 0 Å². The number of carbonyl (C=O) groups excluding carboxylic acids is 2. The highest BCUT2D eigenvalue weighted by Crippen LogP contribution is 2.12. The minimum absolute atomic E-state index is 0.217. The first kappa shape index (κ1) is 10.9. The largest absolute Gasteiger partial charge is 0.452 e. The van der Waals surface area contributed by atoms with Gasteiger partial charge in [-0.15, -0.1) is 0 Å². The van der Waals surface area contributed by atoms with Crippen molar-refractivity contribution >= 4 is 11.9 Å². The van der Waals surface area contributed by atoms with Gasteiger partial charge in [0.25, 0.3) is 5.91 Å². The van der Waals surface area contributed by atoms with Gasteiger partial charge in [0.1, 0.15) is 0 Å². The van der Waals surface area contributed by atoms with Crippen LogP contribution in [0.2, 0.25) is 0 Å². The Hall–Kier alpha value is -1.06. The quantitative estimate of drug-likeness (QED) is 0.586. The molecule has 1 rings (SSSR count). The first-order chi connectivity index (χ1) is 5.74. The molecule has 4 nitrogen and oxygen atoms in total. The molecule has 70 valence electrons. The fourth-order valence-corrected chi connectivity index (χ4v) is 0.871. The minimum atomic E-state index is -0.544. The molecule has 12 heavy (non-hydrogen) atoms. The van der Waals surface area contributed by atoms with Gasteiger partial charge in [-0.2, -0.15) is 0 Å². The summed E-state index contributed by atoms with van der Waals surface area (Å²) in [4.78, 5) is 21.2. The molecule has 1 N–H and O–H groups in total. The van der Waals surface area contributed by atoms with E-state index in [-0.39, 0.29) is 11.9 Å². The maximum absolute atomic E-state index is 10.8. The molecule has 1 amide bonds. The van der Waals surface area contributed by atoms with Gasteiger partial charge in [-0.3, -0.25) is 9.59 Å². The predicted octanol–water partition coefficient (Wildman–Crippen LogP) is 0.464. The summed E-state index contributed by atoms with van der Waals surface area (Å²) in [5.74, 6) is -0.501. The standard InChI is InChI=1S/C6H9NO3.C2H6/c1-7-6(9)4-2-3-5(8)10-4;1-2/h4H,2-3H2,1H3,(H,7,9);1-2H3. The molecule has 0 spiro atoms. The summed E-state index contributed by atoms with van der Waals surface area (Å²) in [6.45, 7) is 4.00. The molecule has 1 heterocycles. The molecule has 0 aliphatic carbocycles. The van der Waals surface area contributed by atoms with Crippen molar-refractivity contribution in [3.8, 4) is 0 Å². The van der Waals surface area contributed by atoms with E-state index < -0.39 is 6.10 Å². The predicted molar refractivity (Wildman–Crippen MR) is 44.5 cm³/mol. The zero-order chi connectivity index (χ0) is 9.56. The molecule has 1 fully saturated rings. The second-order valence-corrected chi connectivity index (χ2v) is 2.13. The van der Waals surface area contributed by atoms with Gasteiger partial charge in [0, 0.05) is 19.9 Å². The highest BCUT2D eigenvalue weighted by Gasteiger charge is 2.28. The van der Waals surface area contributed by atoms with Crippen molar-refractivity contribution in [3.63, 3.8) is 0 Å². The van der Waals surface area contributed by atoms with Gasteiger partial charge in [0.2, 0.25) is 0 Å². The van der Waals surface area contributed by atoms with Crippen molar-refractivity contribution in [2.24, 2.45) is 0 Å². The van der Waals surface area contributed by atoms with Crippen LogP contribution in [0.1, 0.15) is 26.7 Å². The van der Waals surface area contributed by atoms with Crippen molar-refractivity contribution < 1.29 is 14.3 Å². The third-order valence-electron chi connectivity index (χ3n) is 1.42. The number of hydrogen-bond donors (Lipinski definition) is 1. The molecule has 1 aliphatic rings. The zero-order valence-electron chi connectivity index (χ0n) is 7.72. The molecular weight excluding hydrogens is 158 g/mol. The molecule has 0 saturated carbocycles. The number of carbonyl (C=O) groups is 2. The Morgan fingerprint density at radius 1 is 1.58 bits per heavy atom. The smallest absolute Gasteiger partial charge is 0.306 e. The van der Waals surface area contributed by atoms with Crippen LogP contribution < -0.4 is 5.32 Å². The Balaban J connectivity index is 0.000000561. The number of ether oxygens (including phenoxy) is 1. The number of hydrogen-bond acceptors (Lipinski definition) is 3. The van der Waals surface area contributed by atoms with Gasteiger partial charge in [-0.25, -0.2) is 0 Å². The van der Waals surface area contributed by atoms with Crippen LogP contribution in [-0.2, 0) is 14.3 Å². The van der Waals surface area contributed by atoms with Crippen LogP contribution in [0.3, 0.4) is 0 Å². The average Bonchev–Trinajstić information content (AvgIpc) is 2.54. The second-order valence-electron chi connectivity index (χ2n) is 2.13. The van der Waals surface area contributed by atoms with E-state index in [0.717, 1.165) is 0 Å². The first-order valence-electron chi connectivity index (χ1n) is 4.15. The molecule has 1 saturated heterocycles. The summed E-state index contributed by atoms with van der Waals surface area (Å²) >= 11 is 0. The summed E-state index contributed by atoms with van der Waals surface area (Å²) in [6, 6.07) is 0. The molecule has 0 aromatic rings.